The molecule has 0 spiro atoms. The highest BCUT2D eigenvalue weighted by Crippen LogP contribution is 2.26. The normalized spacial score (nSPS) is 16.0. The van der Waals surface area contributed by atoms with Crippen molar-refractivity contribution < 1.29 is 31.9 Å². The molecule has 1 aliphatic heterocycles. The fourth-order valence-corrected chi connectivity index (χ4v) is 2.51. The van der Waals surface area contributed by atoms with Gasteiger partial charge >= 0.3 is 12.1 Å². The fraction of sp³-hybridized carbons (Fsp3) is 0.467. The maximum atomic E-state index is 13.6. The number of carbonyl (C=O) groups is 2. The minimum atomic E-state index is -4.91. The van der Waals surface area contributed by atoms with E-state index in [4.69, 9.17) is 4.74 Å². The lowest BCUT2D eigenvalue weighted by atomic mass is 9.95. The van der Waals surface area contributed by atoms with Crippen molar-refractivity contribution in [1.82, 2.24) is 4.90 Å². The van der Waals surface area contributed by atoms with Crippen LogP contribution in [0, 0.1) is 11.7 Å². The molecule has 0 aromatic heterocycles. The van der Waals surface area contributed by atoms with Crippen LogP contribution in [0.5, 0.6) is 5.75 Å². The Morgan fingerprint density at radius 3 is 2.38 bits per heavy atom. The lowest BCUT2D eigenvalue weighted by Gasteiger charge is -2.31. The number of halogens is 4. The number of anilines is 1. The van der Waals surface area contributed by atoms with Gasteiger partial charge in [0.1, 0.15) is 0 Å². The van der Waals surface area contributed by atoms with Crippen molar-refractivity contribution in [2.24, 2.45) is 5.92 Å². The number of ether oxygens (including phenoxy) is 1. The summed E-state index contributed by atoms with van der Waals surface area (Å²) in [4.78, 5) is 23.9. The molecule has 1 saturated heterocycles. The molecule has 132 valence electrons. The standard InChI is InChI=1S/C15H16F4N2O3/c1-24-12-3-2-10(8-11(12)16)20-13(22)9-4-6-21(7-5-9)14(23)15(17,18)19/h2-3,8-9H,4-7H2,1H3,(H,20,22). The second-order valence-corrected chi connectivity index (χ2v) is 5.40. The van der Waals surface area contributed by atoms with Crippen LogP contribution in [-0.4, -0.2) is 43.1 Å². The number of methoxy groups -OCH3 is 1. The summed E-state index contributed by atoms with van der Waals surface area (Å²) in [5.41, 5.74) is 0.229. The number of hydrogen-bond donors (Lipinski definition) is 1. The average molecular weight is 348 g/mol. The summed E-state index contributed by atoms with van der Waals surface area (Å²) < 4.78 is 55.4. The number of piperidine rings is 1. The lowest BCUT2D eigenvalue weighted by molar-refractivity contribution is -0.186. The average Bonchev–Trinajstić information content (AvgIpc) is 2.53. The van der Waals surface area contributed by atoms with E-state index in [9.17, 15) is 27.2 Å². The highest BCUT2D eigenvalue weighted by molar-refractivity contribution is 5.93. The Morgan fingerprint density at radius 2 is 1.88 bits per heavy atom. The number of benzene rings is 1. The zero-order valence-electron chi connectivity index (χ0n) is 12.8. The molecule has 1 fully saturated rings. The number of alkyl halides is 3. The summed E-state index contributed by atoms with van der Waals surface area (Å²) in [5.74, 6) is -3.45. The van der Waals surface area contributed by atoms with Crippen molar-refractivity contribution in [3.63, 3.8) is 0 Å². The van der Waals surface area contributed by atoms with E-state index < -0.39 is 29.7 Å². The van der Waals surface area contributed by atoms with E-state index in [1.165, 1.54) is 19.2 Å². The smallest absolute Gasteiger partial charge is 0.471 e. The molecule has 2 rings (SSSR count). The summed E-state index contributed by atoms with van der Waals surface area (Å²) in [6.07, 6.45) is -4.67. The number of hydrogen-bond acceptors (Lipinski definition) is 3. The summed E-state index contributed by atoms with van der Waals surface area (Å²) in [6, 6.07) is 3.91. The van der Waals surface area contributed by atoms with E-state index in [1.54, 1.807) is 0 Å². The molecule has 0 atom stereocenters. The van der Waals surface area contributed by atoms with Crippen LogP contribution in [0.3, 0.4) is 0 Å². The van der Waals surface area contributed by atoms with Gasteiger partial charge in [0.15, 0.2) is 11.6 Å². The van der Waals surface area contributed by atoms with Gasteiger partial charge in [-0.1, -0.05) is 0 Å². The van der Waals surface area contributed by atoms with Gasteiger partial charge in [-0.2, -0.15) is 13.2 Å². The molecule has 2 amide bonds. The third kappa shape index (κ3) is 4.15. The van der Waals surface area contributed by atoms with Crippen LogP contribution in [-0.2, 0) is 9.59 Å². The fourth-order valence-electron chi connectivity index (χ4n) is 2.51. The quantitative estimate of drug-likeness (QED) is 0.854. The second kappa shape index (κ2) is 7.06. The number of amides is 2. The Balaban J connectivity index is 1.91. The van der Waals surface area contributed by atoms with Crippen LogP contribution < -0.4 is 10.1 Å². The first-order valence-electron chi connectivity index (χ1n) is 7.23. The van der Waals surface area contributed by atoms with E-state index in [-0.39, 0.29) is 37.4 Å². The molecule has 9 heteroatoms. The predicted molar refractivity (Wildman–Crippen MR) is 76.9 cm³/mol. The van der Waals surface area contributed by atoms with Crippen molar-refractivity contribution in [3.8, 4) is 5.75 Å². The van der Waals surface area contributed by atoms with Crippen LogP contribution in [0.1, 0.15) is 12.8 Å². The zero-order chi connectivity index (χ0) is 17.9. The molecule has 0 aliphatic carbocycles. The van der Waals surface area contributed by atoms with Crippen molar-refractivity contribution in [2.75, 3.05) is 25.5 Å². The third-order valence-corrected chi connectivity index (χ3v) is 3.81. The minimum absolute atomic E-state index is 0.0342. The maximum Gasteiger partial charge on any atom is 0.471 e. The molecule has 0 unspecified atom stereocenters. The van der Waals surface area contributed by atoms with Crippen LogP contribution in [0.25, 0.3) is 0 Å². The van der Waals surface area contributed by atoms with E-state index in [2.05, 4.69) is 5.32 Å². The molecular formula is C15H16F4N2O3. The summed E-state index contributed by atoms with van der Waals surface area (Å²) in [5, 5.41) is 2.52. The van der Waals surface area contributed by atoms with Gasteiger partial charge in [-0.25, -0.2) is 4.39 Å². The molecule has 1 heterocycles. The van der Waals surface area contributed by atoms with Crippen molar-refractivity contribution >= 4 is 17.5 Å². The van der Waals surface area contributed by atoms with Gasteiger partial charge in [0.2, 0.25) is 5.91 Å². The minimum Gasteiger partial charge on any atom is -0.494 e. The molecule has 5 nitrogen and oxygen atoms in total. The SMILES string of the molecule is COc1ccc(NC(=O)C2CCN(C(=O)C(F)(F)F)CC2)cc1F. The topological polar surface area (TPSA) is 58.6 Å². The largest absolute Gasteiger partial charge is 0.494 e. The van der Waals surface area contributed by atoms with E-state index >= 15 is 0 Å². The predicted octanol–water partition coefficient (Wildman–Crippen LogP) is 2.57. The van der Waals surface area contributed by atoms with Crippen molar-refractivity contribution in [1.29, 1.82) is 0 Å². The van der Waals surface area contributed by atoms with Crippen LogP contribution in [0.2, 0.25) is 0 Å². The van der Waals surface area contributed by atoms with Crippen molar-refractivity contribution in [2.45, 2.75) is 19.0 Å². The summed E-state index contributed by atoms with van der Waals surface area (Å²) in [7, 11) is 1.31. The molecule has 1 aliphatic rings. The Hall–Kier alpha value is -2.32. The highest BCUT2D eigenvalue weighted by atomic mass is 19.4. The number of nitrogens with one attached hydrogen (secondary N) is 1. The van der Waals surface area contributed by atoms with Gasteiger partial charge in [0.05, 0.1) is 7.11 Å². The molecule has 0 radical (unpaired) electrons. The number of carbonyl (C=O) groups excluding carboxylic acids is 2. The number of likely N-dealkylation sites (tertiary alicyclic amines) is 1. The first-order valence-corrected chi connectivity index (χ1v) is 7.23. The third-order valence-electron chi connectivity index (χ3n) is 3.81. The van der Waals surface area contributed by atoms with E-state index in [0.717, 1.165) is 6.07 Å². The Kier molecular flexibility index (Phi) is 5.30. The van der Waals surface area contributed by atoms with Gasteiger partial charge in [-0.05, 0) is 25.0 Å². The highest BCUT2D eigenvalue weighted by Gasteiger charge is 2.43. The first-order chi connectivity index (χ1) is 11.2. The zero-order valence-corrected chi connectivity index (χ0v) is 12.8. The monoisotopic (exact) mass is 348 g/mol. The molecule has 1 aromatic rings. The molecule has 1 aromatic carbocycles. The van der Waals surface area contributed by atoms with Gasteiger partial charge < -0.3 is 15.0 Å². The Morgan fingerprint density at radius 1 is 1.25 bits per heavy atom. The van der Waals surface area contributed by atoms with Gasteiger partial charge in [0, 0.05) is 30.8 Å². The van der Waals surface area contributed by atoms with Gasteiger partial charge in [-0.15, -0.1) is 0 Å². The molecular weight excluding hydrogens is 332 g/mol. The molecule has 1 N–H and O–H groups in total. The summed E-state index contributed by atoms with van der Waals surface area (Å²) in [6.45, 7) is -0.291. The summed E-state index contributed by atoms with van der Waals surface area (Å²) >= 11 is 0. The van der Waals surface area contributed by atoms with Crippen molar-refractivity contribution in [3.05, 3.63) is 24.0 Å². The maximum absolute atomic E-state index is 13.6. The second-order valence-electron chi connectivity index (χ2n) is 5.40. The molecule has 0 saturated carbocycles. The molecule has 24 heavy (non-hydrogen) atoms. The van der Waals surface area contributed by atoms with E-state index in [1.807, 2.05) is 0 Å². The number of nitrogens with zero attached hydrogens (tertiary/aromatic N) is 1. The van der Waals surface area contributed by atoms with Crippen LogP contribution in [0.4, 0.5) is 23.2 Å². The number of rotatable bonds is 3. The van der Waals surface area contributed by atoms with Gasteiger partial charge in [-0.3, -0.25) is 9.59 Å². The first kappa shape index (κ1) is 18.0. The lowest BCUT2D eigenvalue weighted by Crippen LogP contribution is -2.46. The van der Waals surface area contributed by atoms with Crippen LogP contribution >= 0.6 is 0 Å². The van der Waals surface area contributed by atoms with Crippen LogP contribution in [0.15, 0.2) is 18.2 Å². The molecule has 0 bridgehead atoms. The Labute approximate surface area is 135 Å². The van der Waals surface area contributed by atoms with Gasteiger partial charge in [0.25, 0.3) is 0 Å². The Bertz CT molecular complexity index is 626. The van der Waals surface area contributed by atoms with E-state index in [0.29, 0.717) is 4.90 Å².